The Hall–Kier alpha value is -1.91. The molecule has 3 nitrogen and oxygen atoms in total. The lowest BCUT2D eigenvalue weighted by atomic mass is 10.1. The van der Waals surface area contributed by atoms with Gasteiger partial charge in [0.25, 0.3) is 0 Å². The Kier molecular flexibility index (Phi) is 4.18. The van der Waals surface area contributed by atoms with E-state index in [0.717, 1.165) is 25.1 Å². The third-order valence-corrected chi connectivity index (χ3v) is 4.78. The summed E-state index contributed by atoms with van der Waals surface area (Å²) < 4.78 is 0. The van der Waals surface area contributed by atoms with E-state index in [1.165, 1.54) is 10.4 Å². The number of nitrogens with zero attached hydrogens (tertiary/aromatic N) is 1. The van der Waals surface area contributed by atoms with Crippen molar-refractivity contribution in [3.8, 4) is 0 Å². The van der Waals surface area contributed by atoms with Gasteiger partial charge in [0.05, 0.1) is 0 Å². The van der Waals surface area contributed by atoms with E-state index in [9.17, 15) is 9.90 Å². The van der Waals surface area contributed by atoms with E-state index in [1.54, 1.807) is 17.4 Å². The van der Waals surface area contributed by atoms with Crippen LogP contribution in [0, 0.1) is 0 Å². The molecule has 0 aliphatic carbocycles. The summed E-state index contributed by atoms with van der Waals surface area (Å²) in [5.74, 6) is -0.791. The predicted molar refractivity (Wildman–Crippen MR) is 85.3 cm³/mol. The second kappa shape index (κ2) is 6.24. The molecule has 0 bridgehead atoms. The summed E-state index contributed by atoms with van der Waals surface area (Å²) in [6.07, 6.45) is 4.62. The molecule has 1 aromatic carbocycles. The average Bonchev–Trinajstić information content (AvgIpc) is 2.96. The van der Waals surface area contributed by atoms with Crippen molar-refractivity contribution in [1.29, 1.82) is 0 Å². The molecule has 1 N–H and O–H groups in total. The molecule has 0 spiro atoms. The van der Waals surface area contributed by atoms with Crippen LogP contribution in [0.3, 0.4) is 0 Å². The number of carboxylic acids is 1. The van der Waals surface area contributed by atoms with Crippen LogP contribution in [-0.4, -0.2) is 28.6 Å². The number of hydrogen-bond donors (Lipinski definition) is 1. The molecule has 21 heavy (non-hydrogen) atoms. The average molecular weight is 299 g/mol. The SMILES string of the molecule is O=C(O)C(/C=C/c1ccccc1)N1CCc2sccc2C1. The first-order chi connectivity index (χ1) is 10.2. The van der Waals surface area contributed by atoms with Gasteiger partial charge in [-0.3, -0.25) is 9.69 Å². The zero-order valence-corrected chi connectivity index (χ0v) is 12.4. The third-order valence-electron chi connectivity index (χ3n) is 3.75. The van der Waals surface area contributed by atoms with E-state index in [4.69, 9.17) is 0 Å². The molecular formula is C17H17NO2S. The Labute approximate surface area is 128 Å². The van der Waals surface area contributed by atoms with E-state index < -0.39 is 12.0 Å². The lowest BCUT2D eigenvalue weighted by molar-refractivity contribution is -0.141. The minimum absolute atomic E-state index is 0.571. The maximum atomic E-state index is 11.6. The van der Waals surface area contributed by atoms with E-state index in [-0.39, 0.29) is 0 Å². The molecule has 0 radical (unpaired) electrons. The molecule has 108 valence electrons. The smallest absolute Gasteiger partial charge is 0.324 e. The topological polar surface area (TPSA) is 40.5 Å². The number of hydrogen-bond acceptors (Lipinski definition) is 3. The van der Waals surface area contributed by atoms with Gasteiger partial charge in [-0.1, -0.05) is 42.5 Å². The number of carbonyl (C=O) groups is 1. The van der Waals surface area contributed by atoms with E-state index >= 15 is 0 Å². The maximum Gasteiger partial charge on any atom is 0.324 e. The van der Waals surface area contributed by atoms with Gasteiger partial charge in [0.2, 0.25) is 0 Å². The molecule has 0 saturated heterocycles. The number of rotatable bonds is 4. The summed E-state index contributed by atoms with van der Waals surface area (Å²) in [5.41, 5.74) is 2.29. The molecule has 0 fully saturated rings. The third kappa shape index (κ3) is 3.23. The van der Waals surface area contributed by atoms with Crippen molar-refractivity contribution in [3.05, 3.63) is 63.9 Å². The van der Waals surface area contributed by atoms with Crippen LogP contribution < -0.4 is 0 Å². The molecule has 0 amide bonds. The van der Waals surface area contributed by atoms with E-state index in [2.05, 4.69) is 11.4 Å². The van der Waals surface area contributed by atoms with Crippen LogP contribution in [0.5, 0.6) is 0 Å². The maximum absolute atomic E-state index is 11.6. The quantitative estimate of drug-likeness (QED) is 0.942. The summed E-state index contributed by atoms with van der Waals surface area (Å²) in [6.45, 7) is 1.51. The van der Waals surface area contributed by atoms with Gasteiger partial charge in [-0.2, -0.15) is 0 Å². The van der Waals surface area contributed by atoms with Crippen molar-refractivity contribution in [2.45, 2.75) is 19.0 Å². The van der Waals surface area contributed by atoms with Crippen molar-refractivity contribution < 1.29 is 9.90 Å². The highest BCUT2D eigenvalue weighted by molar-refractivity contribution is 7.10. The summed E-state index contributed by atoms with van der Waals surface area (Å²) in [5, 5.41) is 11.6. The van der Waals surface area contributed by atoms with E-state index in [0.29, 0.717) is 0 Å². The number of benzene rings is 1. The molecular weight excluding hydrogens is 282 g/mol. The minimum atomic E-state index is -0.791. The normalized spacial score (nSPS) is 16.8. The van der Waals surface area contributed by atoms with Crippen molar-refractivity contribution in [3.63, 3.8) is 0 Å². The van der Waals surface area contributed by atoms with Crippen LogP contribution in [0.15, 0.2) is 47.9 Å². The Bertz CT molecular complexity index is 648. The summed E-state index contributed by atoms with van der Waals surface area (Å²) in [6, 6.07) is 11.3. The molecule has 4 heteroatoms. The largest absolute Gasteiger partial charge is 0.480 e. The molecule has 1 aliphatic rings. The van der Waals surface area contributed by atoms with Gasteiger partial charge >= 0.3 is 5.97 Å². The lowest BCUT2D eigenvalue weighted by Crippen LogP contribution is -2.42. The molecule has 1 aromatic heterocycles. The Morgan fingerprint density at radius 2 is 2.10 bits per heavy atom. The number of fused-ring (bicyclic) bond motifs is 1. The first kappa shape index (κ1) is 14.0. The van der Waals surface area contributed by atoms with Gasteiger partial charge in [-0.25, -0.2) is 0 Å². The Morgan fingerprint density at radius 1 is 1.29 bits per heavy atom. The van der Waals surface area contributed by atoms with Crippen molar-refractivity contribution in [1.82, 2.24) is 4.90 Å². The zero-order valence-electron chi connectivity index (χ0n) is 11.6. The summed E-state index contributed by atoms with van der Waals surface area (Å²) >= 11 is 1.77. The van der Waals surface area contributed by atoms with Crippen LogP contribution in [0.2, 0.25) is 0 Å². The Balaban J connectivity index is 1.77. The molecule has 3 rings (SSSR count). The second-order valence-electron chi connectivity index (χ2n) is 5.14. The summed E-state index contributed by atoms with van der Waals surface area (Å²) in [7, 11) is 0. The molecule has 1 unspecified atom stereocenters. The van der Waals surface area contributed by atoms with Crippen molar-refractivity contribution >= 4 is 23.4 Å². The monoisotopic (exact) mass is 299 g/mol. The molecule has 2 aromatic rings. The molecule has 1 atom stereocenters. The van der Waals surface area contributed by atoms with Gasteiger partial charge in [-0.05, 0) is 29.0 Å². The number of thiophene rings is 1. The minimum Gasteiger partial charge on any atom is -0.480 e. The van der Waals surface area contributed by atoms with Crippen LogP contribution in [-0.2, 0) is 17.8 Å². The van der Waals surface area contributed by atoms with Gasteiger partial charge < -0.3 is 5.11 Å². The van der Waals surface area contributed by atoms with Crippen LogP contribution >= 0.6 is 11.3 Å². The van der Waals surface area contributed by atoms with Gasteiger partial charge in [0, 0.05) is 18.0 Å². The van der Waals surface area contributed by atoms with Gasteiger partial charge in [0.15, 0.2) is 0 Å². The van der Waals surface area contributed by atoms with Crippen LogP contribution in [0.4, 0.5) is 0 Å². The number of aliphatic carboxylic acids is 1. The second-order valence-corrected chi connectivity index (χ2v) is 6.14. The van der Waals surface area contributed by atoms with Crippen LogP contribution in [0.25, 0.3) is 6.08 Å². The first-order valence-electron chi connectivity index (χ1n) is 6.99. The Morgan fingerprint density at radius 3 is 2.86 bits per heavy atom. The van der Waals surface area contributed by atoms with Crippen LogP contribution in [0.1, 0.15) is 16.0 Å². The standard InChI is InChI=1S/C17H17NO2S/c19-17(20)15(7-6-13-4-2-1-3-5-13)18-10-8-16-14(12-18)9-11-21-16/h1-7,9,11,15H,8,10,12H2,(H,19,20)/b7-6+. The molecule has 0 saturated carbocycles. The number of carboxylic acid groups (broad SMARTS) is 1. The first-order valence-corrected chi connectivity index (χ1v) is 7.87. The van der Waals surface area contributed by atoms with Crippen molar-refractivity contribution in [2.75, 3.05) is 6.54 Å². The fourth-order valence-corrected chi connectivity index (χ4v) is 3.52. The van der Waals surface area contributed by atoms with Gasteiger partial charge in [-0.15, -0.1) is 11.3 Å². The highest BCUT2D eigenvalue weighted by atomic mass is 32.1. The van der Waals surface area contributed by atoms with Gasteiger partial charge in [0.1, 0.15) is 6.04 Å². The fourth-order valence-electron chi connectivity index (χ4n) is 2.63. The predicted octanol–water partition coefficient (Wildman–Crippen LogP) is 3.27. The zero-order chi connectivity index (χ0) is 14.7. The molecule has 2 heterocycles. The van der Waals surface area contributed by atoms with Crippen molar-refractivity contribution in [2.24, 2.45) is 0 Å². The van der Waals surface area contributed by atoms with E-state index in [1.807, 2.05) is 41.3 Å². The highest BCUT2D eigenvalue weighted by Gasteiger charge is 2.27. The fraction of sp³-hybridized carbons (Fsp3) is 0.235. The summed E-state index contributed by atoms with van der Waals surface area (Å²) in [4.78, 5) is 15.0. The molecule has 1 aliphatic heterocycles. The lowest BCUT2D eigenvalue weighted by Gasteiger charge is -2.30. The highest BCUT2D eigenvalue weighted by Crippen LogP contribution is 2.25.